The summed E-state index contributed by atoms with van der Waals surface area (Å²) in [6.07, 6.45) is 2.22. The number of morpholine rings is 1. The molecule has 3 rings (SSSR count). The summed E-state index contributed by atoms with van der Waals surface area (Å²) in [5.41, 5.74) is 1.29. The van der Waals surface area contributed by atoms with E-state index in [1.807, 2.05) is 18.2 Å². The number of nitrogens with zero attached hydrogens (tertiary/aromatic N) is 1. The minimum atomic E-state index is 0.0785. The van der Waals surface area contributed by atoms with E-state index in [1.54, 1.807) is 0 Å². The zero-order valence-corrected chi connectivity index (χ0v) is 12.9. The van der Waals surface area contributed by atoms with Gasteiger partial charge in [-0.05, 0) is 31.4 Å². The minimum absolute atomic E-state index is 0.0785. The number of hydrogen-bond donors (Lipinski definition) is 1. The molecule has 0 aromatic heterocycles. The fourth-order valence-corrected chi connectivity index (χ4v) is 3.28. The van der Waals surface area contributed by atoms with Crippen molar-refractivity contribution in [2.75, 3.05) is 45.9 Å². The zero-order chi connectivity index (χ0) is 14.5. The second-order valence-electron chi connectivity index (χ2n) is 6.20. The van der Waals surface area contributed by atoms with Gasteiger partial charge in [0.15, 0.2) is 0 Å². The topological polar surface area (TPSA) is 33.7 Å². The number of likely N-dealkylation sites (tertiary alicyclic amines) is 1. The van der Waals surface area contributed by atoms with Crippen molar-refractivity contribution in [3.8, 4) is 5.75 Å². The summed E-state index contributed by atoms with van der Waals surface area (Å²) in [7, 11) is 0. The molecule has 1 atom stereocenters. The highest BCUT2D eigenvalue weighted by Gasteiger charge is 2.39. The van der Waals surface area contributed by atoms with Crippen LogP contribution >= 0.6 is 0 Å². The van der Waals surface area contributed by atoms with Crippen LogP contribution in [0.4, 0.5) is 0 Å². The van der Waals surface area contributed by atoms with Gasteiger partial charge in [0.2, 0.25) is 0 Å². The maximum Gasteiger partial charge on any atom is 0.122 e. The van der Waals surface area contributed by atoms with E-state index in [-0.39, 0.29) is 5.60 Å². The Labute approximate surface area is 127 Å². The largest absolute Gasteiger partial charge is 0.493 e. The van der Waals surface area contributed by atoms with E-state index in [0.29, 0.717) is 0 Å². The van der Waals surface area contributed by atoms with E-state index in [2.05, 4.69) is 23.2 Å². The smallest absolute Gasteiger partial charge is 0.122 e. The standard InChI is InChI=1S/C17H26N2O2/c1-15-5-2-3-6-16(15)20-11-4-9-19-10-7-17(14-19)13-18-8-12-21-17/h2-3,5-6,18H,4,7-14H2,1H3. The van der Waals surface area contributed by atoms with Crippen LogP contribution in [0.3, 0.4) is 0 Å². The lowest BCUT2D eigenvalue weighted by Crippen LogP contribution is -2.51. The third-order valence-corrected chi connectivity index (χ3v) is 4.50. The molecule has 1 unspecified atom stereocenters. The fourth-order valence-electron chi connectivity index (χ4n) is 3.28. The summed E-state index contributed by atoms with van der Waals surface area (Å²) in [5.74, 6) is 1.01. The highest BCUT2D eigenvalue weighted by atomic mass is 16.5. The van der Waals surface area contributed by atoms with E-state index in [4.69, 9.17) is 9.47 Å². The van der Waals surface area contributed by atoms with Crippen LogP contribution in [0.2, 0.25) is 0 Å². The van der Waals surface area contributed by atoms with Gasteiger partial charge in [0, 0.05) is 32.7 Å². The molecule has 0 amide bonds. The number of ether oxygens (including phenoxy) is 2. The maximum atomic E-state index is 6.01. The van der Waals surface area contributed by atoms with Crippen LogP contribution in [-0.4, -0.2) is 56.4 Å². The number of hydrogen-bond acceptors (Lipinski definition) is 4. The molecule has 2 aliphatic heterocycles. The summed E-state index contributed by atoms with van der Waals surface area (Å²) in [6, 6.07) is 8.21. The first-order valence-corrected chi connectivity index (χ1v) is 8.03. The lowest BCUT2D eigenvalue weighted by atomic mass is 10.0. The highest BCUT2D eigenvalue weighted by Crippen LogP contribution is 2.26. The van der Waals surface area contributed by atoms with Crippen LogP contribution in [0.1, 0.15) is 18.4 Å². The van der Waals surface area contributed by atoms with Crippen molar-refractivity contribution in [2.24, 2.45) is 0 Å². The Kier molecular flexibility index (Phi) is 4.78. The van der Waals surface area contributed by atoms with Crippen molar-refractivity contribution in [1.29, 1.82) is 0 Å². The van der Waals surface area contributed by atoms with E-state index in [9.17, 15) is 0 Å². The van der Waals surface area contributed by atoms with Gasteiger partial charge in [-0.3, -0.25) is 0 Å². The lowest BCUT2D eigenvalue weighted by molar-refractivity contribution is -0.0572. The number of benzene rings is 1. The number of aryl methyl sites for hydroxylation is 1. The van der Waals surface area contributed by atoms with Crippen LogP contribution in [0, 0.1) is 6.92 Å². The van der Waals surface area contributed by atoms with E-state index >= 15 is 0 Å². The van der Waals surface area contributed by atoms with Crippen LogP contribution in [0.25, 0.3) is 0 Å². The van der Waals surface area contributed by atoms with Crippen LogP contribution in [0.5, 0.6) is 5.75 Å². The molecular weight excluding hydrogens is 264 g/mol. The predicted octanol–water partition coefficient (Wildman–Crippen LogP) is 1.83. The second kappa shape index (κ2) is 6.77. The summed E-state index contributed by atoms with van der Waals surface area (Å²) >= 11 is 0. The number of nitrogens with one attached hydrogen (secondary N) is 1. The highest BCUT2D eigenvalue weighted by molar-refractivity contribution is 5.31. The molecule has 21 heavy (non-hydrogen) atoms. The van der Waals surface area contributed by atoms with Crippen molar-refractivity contribution in [3.63, 3.8) is 0 Å². The van der Waals surface area contributed by atoms with Gasteiger partial charge in [-0.15, -0.1) is 0 Å². The summed E-state index contributed by atoms with van der Waals surface area (Å²) in [5, 5.41) is 3.46. The van der Waals surface area contributed by atoms with Gasteiger partial charge in [-0.1, -0.05) is 18.2 Å². The van der Waals surface area contributed by atoms with E-state index < -0.39 is 0 Å². The second-order valence-corrected chi connectivity index (χ2v) is 6.20. The number of para-hydroxylation sites is 1. The molecule has 2 fully saturated rings. The lowest BCUT2D eigenvalue weighted by Gasteiger charge is -2.34. The van der Waals surface area contributed by atoms with Gasteiger partial charge in [0.25, 0.3) is 0 Å². The molecule has 1 N–H and O–H groups in total. The molecule has 0 saturated carbocycles. The monoisotopic (exact) mass is 290 g/mol. The van der Waals surface area contributed by atoms with Crippen LogP contribution < -0.4 is 10.1 Å². The summed E-state index contributed by atoms with van der Waals surface area (Å²) < 4.78 is 11.9. The zero-order valence-electron chi connectivity index (χ0n) is 12.9. The Morgan fingerprint density at radius 1 is 1.38 bits per heavy atom. The average molecular weight is 290 g/mol. The van der Waals surface area contributed by atoms with Crippen LogP contribution in [-0.2, 0) is 4.74 Å². The van der Waals surface area contributed by atoms with Crippen LogP contribution in [0.15, 0.2) is 24.3 Å². The third kappa shape index (κ3) is 3.76. The summed E-state index contributed by atoms with van der Waals surface area (Å²) in [6.45, 7) is 9.02. The van der Waals surface area contributed by atoms with E-state index in [0.717, 1.165) is 64.5 Å². The van der Waals surface area contributed by atoms with Crippen molar-refractivity contribution in [3.05, 3.63) is 29.8 Å². The first-order chi connectivity index (χ1) is 10.3. The van der Waals surface area contributed by atoms with Crippen molar-refractivity contribution < 1.29 is 9.47 Å². The molecule has 2 saturated heterocycles. The molecule has 4 heteroatoms. The van der Waals surface area contributed by atoms with Gasteiger partial charge in [-0.25, -0.2) is 0 Å². The first-order valence-electron chi connectivity index (χ1n) is 8.03. The van der Waals surface area contributed by atoms with Crippen molar-refractivity contribution >= 4 is 0 Å². The molecular formula is C17H26N2O2. The molecule has 4 nitrogen and oxygen atoms in total. The first kappa shape index (κ1) is 14.8. The Morgan fingerprint density at radius 3 is 3.10 bits per heavy atom. The quantitative estimate of drug-likeness (QED) is 0.839. The van der Waals surface area contributed by atoms with Crippen molar-refractivity contribution in [2.45, 2.75) is 25.4 Å². The Morgan fingerprint density at radius 2 is 2.29 bits per heavy atom. The fraction of sp³-hybridized carbons (Fsp3) is 0.647. The van der Waals surface area contributed by atoms with Gasteiger partial charge >= 0.3 is 0 Å². The van der Waals surface area contributed by atoms with Gasteiger partial charge in [0.05, 0.1) is 18.8 Å². The molecule has 0 radical (unpaired) electrons. The Bertz CT molecular complexity index is 458. The molecule has 1 aromatic carbocycles. The third-order valence-electron chi connectivity index (χ3n) is 4.50. The molecule has 1 spiro atoms. The van der Waals surface area contributed by atoms with Gasteiger partial charge in [0.1, 0.15) is 5.75 Å². The Balaban J connectivity index is 1.38. The molecule has 0 bridgehead atoms. The number of rotatable bonds is 5. The minimum Gasteiger partial charge on any atom is -0.493 e. The van der Waals surface area contributed by atoms with E-state index in [1.165, 1.54) is 5.56 Å². The molecule has 0 aliphatic carbocycles. The SMILES string of the molecule is Cc1ccccc1OCCCN1CCC2(CNCCO2)C1. The van der Waals surface area contributed by atoms with Crippen molar-refractivity contribution in [1.82, 2.24) is 10.2 Å². The van der Waals surface area contributed by atoms with Gasteiger partial charge < -0.3 is 19.7 Å². The average Bonchev–Trinajstić information content (AvgIpc) is 2.89. The van der Waals surface area contributed by atoms with Gasteiger partial charge in [-0.2, -0.15) is 0 Å². The molecule has 2 heterocycles. The predicted molar refractivity (Wildman–Crippen MR) is 83.9 cm³/mol. The molecule has 1 aromatic rings. The molecule has 116 valence electrons. The normalized spacial score (nSPS) is 26.3. The Hall–Kier alpha value is -1.10. The molecule has 2 aliphatic rings. The summed E-state index contributed by atoms with van der Waals surface area (Å²) in [4.78, 5) is 2.51. The maximum absolute atomic E-state index is 6.01.